The van der Waals surface area contributed by atoms with Crippen molar-refractivity contribution in [3.8, 4) is 0 Å². The van der Waals surface area contributed by atoms with Gasteiger partial charge < -0.3 is 15.3 Å². The average molecular weight is 268 g/mol. The van der Waals surface area contributed by atoms with Crippen LogP contribution in [0.5, 0.6) is 0 Å². The van der Waals surface area contributed by atoms with Gasteiger partial charge in [-0.1, -0.05) is 13.3 Å². The molecule has 2 rings (SSSR count). The van der Waals surface area contributed by atoms with Crippen LogP contribution >= 0.6 is 0 Å². The number of nitrogens with one attached hydrogen (secondary N) is 1. The first-order chi connectivity index (χ1) is 9.20. The third kappa shape index (κ3) is 4.18. The molecule has 1 saturated heterocycles. The number of carboxylic acids is 1. The smallest absolute Gasteiger partial charge is 0.306 e. The highest BCUT2D eigenvalue weighted by Crippen LogP contribution is 2.31. The first-order valence-corrected chi connectivity index (χ1v) is 7.89. The van der Waals surface area contributed by atoms with Crippen LogP contribution in [0.2, 0.25) is 0 Å². The number of carboxylic acid groups (broad SMARTS) is 1. The van der Waals surface area contributed by atoms with E-state index in [1.54, 1.807) is 0 Å². The van der Waals surface area contributed by atoms with Crippen molar-refractivity contribution in [2.75, 3.05) is 26.2 Å². The molecule has 2 aliphatic rings. The molecule has 1 aliphatic heterocycles. The monoisotopic (exact) mass is 268 g/mol. The van der Waals surface area contributed by atoms with Crippen molar-refractivity contribution >= 4 is 5.97 Å². The first kappa shape index (κ1) is 14.8. The summed E-state index contributed by atoms with van der Waals surface area (Å²) in [5.74, 6) is -0.351. The normalized spacial score (nSPS) is 33.2. The Morgan fingerprint density at radius 1 is 1.21 bits per heavy atom. The predicted molar refractivity (Wildman–Crippen MR) is 76.2 cm³/mol. The summed E-state index contributed by atoms with van der Waals surface area (Å²) in [6, 6.07) is 0.589. The Labute approximate surface area is 116 Å². The van der Waals surface area contributed by atoms with Gasteiger partial charge in [0.25, 0.3) is 0 Å². The molecule has 2 N–H and O–H groups in total. The number of carbonyl (C=O) groups is 1. The van der Waals surface area contributed by atoms with Crippen molar-refractivity contribution in [2.45, 2.75) is 51.5 Å². The Hall–Kier alpha value is -0.610. The molecule has 2 fully saturated rings. The minimum atomic E-state index is -0.595. The fraction of sp³-hybridized carbons (Fsp3) is 0.933. The van der Waals surface area contributed by atoms with Crippen LogP contribution in [0.1, 0.15) is 45.4 Å². The lowest BCUT2D eigenvalue weighted by Crippen LogP contribution is -2.36. The summed E-state index contributed by atoms with van der Waals surface area (Å²) >= 11 is 0. The van der Waals surface area contributed by atoms with Crippen LogP contribution in [0, 0.1) is 11.8 Å². The van der Waals surface area contributed by atoms with E-state index in [0.29, 0.717) is 12.0 Å². The third-order valence-electron chi connectivity index (χ3n) is 4.91. The second kappa shape index (κ2) is 7.25. The Bertz CT molecular complexity index is 296. The zero-order valence-corrected chi connectivity index (χ0v) is 12.1. The number of nitrogens with zero attached hydrogens (tertiary/aromatic N) is 1. The van der Waals surface area contributed by atoms with E-state index in [1.165, 1.54) is 32.4 Å². The molecule has 3 unspecified atom stereocenters. The van der Waals surface area contributed by atoms with Crippen LogP contribution in [0.3, 0.4) is 0 Å². The molecule has 0 aromatic rings. The molecule has 3 atom stereocenters. The first-order valence-electron chi connectivity index (χ1n) is 7.89. The number of hydrogen-bond donors (Lipinski definition) is 2. The van der Waals surface area contributed by atoms with E-state index in [1.807, 2.05) is 0 Å². The largest absolute Gasteiger partial charge is 0.481 e. The fourth-order valence-corrected chi connectivity index (χ4v) is 3.60. The quantitative estimate of drug-likeness (QED) is 0.800. The number of aliphatic carboxylic acids is 1. The van der Waals surface area contributed by atoms with Crippen molar-refractivity contribution in [1.82, 2.24) is 10.2 Å². The highest BCUT2D eigenvalue weighted by molar-refractivity contribution is 5.70. The molecule has 1 heterocycles. The summed E-state index contributed by atoms with van der Waals surface area (Å²) in [5.41, 5.74) is 0. The number of hydrogen-bond acceptors (Lipinski definition) is 3. The van der Waals surface area contributed by atoms with E-state index in [0.717, 1.165) is 32.4 Å². The summed E-state index contributed by atoms with van der Waals surface area (Å²) in [7, 11) is 0. The van der Waals surface area contributed by atoms with Crippen molar-refractivity contribution in [1.29, 1.82) is 0 Å². The Kier molecular flexibility index (Phi) is 5.64. The van der Waals surface area contributed by atoms with Gasteiger partial charge in [0, 0.05) is 6.04 Å². The van der Waals surface area contributed by atoms with Crippen LogP contribution < -0.4 is 5.32 Å². The minimum absolute atomic E-state index is 0.106. The minimum Gasteiger partial charge on any atom is -0.481 e. The molecule has 4 nitrogen and oxygen atoms in total. The van der Waals surface area contributed by atoms with E-state index in [-0.39, 0.29) is 5.92 Å². The van der Waals surface area contributed by atoms with Gasteiger partial charge in [0.1, 0.15) is 0 Å². The SMILES string of the molecule is CCN1CCCC(NCC2CCCC2C(=O)O)CC1. The molecule has 1 aliphatic carbocycles. The Morgan fingerprint density at radius 3 is 2.79 bits per heavy atom. The molecule has 0 radical (unpaired) electrons. The van der Waals surface area contributed by atoms with E-state index in [4.69, 9.17) is 0 Å². The Morgan fingerprint density at radius 2 is 2.05 bits per heavy atom. The number of rotatable bonds is 5. The highest BCUT2D eigenvalue weighted by atomic mass is 16.4. The zero-order valence-electron chi connectivity index (χ0n) is 12.1. The summed E-state index contributed by atoms with van der Waals surface area (Å²) in [5, 5.41) is 12.8. The molecule has 0 bridgehead atoms. The lowest BCUT2D eigenvalue weighted by atomic mass is 9.95. The van der Waals surface area contributed by atoms with E-state index >= 15 is 0 Å². The molecule has 0 aromatic carbocycles. The summed E-state index contributed by atoms with van der Waals surface area (Å²) in [6.07, 6.45) is 6.74. The van der Waals surface area contributed by atoms with Crippen LogP contribution in [0.4, 0.5) is 0 Å². The second-order valence-corrected chi connectivity index (χ2v) is 6.11. The molecule has 4 heteroatoms. The lowest BCUT2D eigenvalue weighted by molar-refractivity contribution is -0.142. The van der Waals surface area contributed by atoms with Crippen molar-refractivity contribution in [3.05, 3.63) is 0 Å². The van der Waals surface area contributed by atoms with Crippen molar-refractivity contribution < 1.29 is 9.90 Å². The highest BCUT2D eigenvalue weighted by Gasteiger charge is 2.32. The fourth-order valence-electron chi connectivity index (χ4n) is 3.60. The zero-order chi connectivity index (χ0) is 13.7. The molecule has 0 amide bonds. The molecule has 0 aromatic heterocycles. The van der Waals surface area contributed by atoms with E-state index in [2.05, 4.69) is 17.1 Å². The maximum atomic E-state index is 11.2. The van der Waals surface area contributed by atoms with Gasteiger partial charge in [0.05, 0.1) is 5.92 Å². The van der Waals surface area contributed by atoms with Crippen LogP contribution in [0.15, 0.2) is 0 Å². The summed E-state index contributed by atoms with van der Waals surface area (Å²) in [6.45, 7) is 6.67. The third-order valence-corrected chi connectivity index (χ3v) is 4.91. The van der Waals surface area contributed by atoms with Gasteiger partial charge in [0.15, 0.2) is 0 Å². The van der Waals surface area contributed by atoms with Crippen molar-refractivity contribution in [3.63, 3.8) is 0 Å². The average Bonchev–Trinajstić information content (AvgIpc) is 2.75. The van der Waals surface area contributed by atoms with Gasteiger partial charge in [-0.25, -0.2) is 0 Å². The van der Waals surface area contributed by atoms with Gasteiger partial charge in [-0.05, 0) is 64.2 Å². The molecule has 19 heavy (non-hydrogen) atoms. The topological polar surface area (TPSA) is 52.6 Å². The van der Waals surface area contributed by atoms with Gasteiger partial charge in [-0.2, -0.15) is 0 Å². The maximum absolute atomic E-state index is 11.2. The maximum Gasteiger partial charge on any atom is 0.306 e. The number of likely N-dealkylation sites (tertiary alicyclic amines) is 1. The Balaban J connectivity index is 1.74. The van der Waals surface area contributed by atoms with Gasteiger partial charge in [-0.15, -0.1) is 0 Å². The van der Waals surface area contributed by atoms with E-state index < -0.39 is 5.97 Å². The van der Waals surface area contributed by atoms with Crippen LogP contribution in [-0.2, 0) is 4.79 Å². The predicted octanol–water partition coefficient (Wildman–Crippen LogP) is 1.95. The molecular formula is C15H28N2O2. The van der Waals surface area contributed by atoms with Crippen molar-refractivity contribution in [2.24, 2.45) is 11.8 Å². The van der Waals surface area contributed by atoms with Gasteiger partial charge in [-0.3, -0.25) is 4.79 Å². The van der Waals surface area contributed by atoms with E-state index in [9.17, 15) is 9.90 Å². The molecule has 0 spiro atoms. The second-order valence-electron chi connectivity index (χ2n) is 6.11. The summed E-state index contributed by atoms with van der Waals surface area (Å²) in [4.78, 5) is 13.7. The van der Waals surface area contributed by atoms with Crippen LogP contribution in [0.25, 0.3) is 0 Å². The van der Waals surface area contributed by atoms with Gasteiger partial charge in [0.2, 0.25) is 0 Å². The van der Waals surface area contributed by atoms with Crippen LogP contribution in [-0.4, -0.2) is 48.2 Å². The van der Waals surface area contributed by atoms with Gasteiger partial charge >= 0.3 is 5.97 Å². The lowest BCUT2D eigenvalue weighted by Gasteiger charge is -2.22. The molecule has 1 saturated carbocycles. The standard InChI is InChI=1S/C15H28N2O2/c1-2-17-9-4-6-13(8-10-17)16-11-12-5-3-7-14(12)15(18)19/h12-14,16H,2-11H2,1H3,(H,18,19). The molecular weight excluding hydrogens is 240 g/mol. The summed E-state index contributed by atoms with van der Waals surface area (Å²) < 4.78 is 0. The molecule has 110 valence electrons.